The van der Waals surface area contributed by atoms with Gasteiger partial charge < -0.3 is 10.2 Å². The van der Waals surface area contributed by atoms with Gasteiger partial charge in [-0.1, -0.05) is 17.7 Å². The normalized spacial score (nSPS) is 16.9. The third-order valence-corrected chi connectivity index (χ3v) is 7.73. The molecule has 0 spiro atoms. The van der Waals surface area contributed by atoms with E-state index < -0.39 is 21.7 Å². The van der Waals surface area contributed by atoms with E-state index in [9.17, 15) is 13.2 Å². The highest BCUT2D eigenvalue weighted by molar-refractivity contribution is 7.89. The summed E-state index contributed by atoms with van der Waals surface area (Å²) >= 11 is 7.19. The van der Waals surface area contributed by atoms with E-state index in [1.54, 1.807) is 18.2 Å². The predicted octanol–water partition coefficient (Wildman–Crippen LogP) is 2.97. The fourth-order valence-electron chi connectivity index (χ4n) is 3.64. The molecule has 4 rings (SSSR count). The molecular formula is C20H21ClFN3O3S2. The Morgan fingerprint density at radius 2 is 2.10 bits per heavy atom. The van der Waals surface area contributed by atoms with Crippen LogP contribution in [0.15, 0.2) is 36.0 Å². The summed E-state index contributed by atoms with van der Waals surface area (Å²) in [6, 6.07) is 6.91. The third kappa shape index (κ3) is 4.54. The van der Waals surface area contributed by atoms with Gasteiger partial charge in [0.15, 0.2) is 0 Å². The quantitative estimate of drug-likeness (QED) is 0.681. The first-order valence-corrected chi connectivity index (χ1v) is 12.5. The Bertz CT molecular complexity index is 1110. The van der Waals surface area contributed by atoms with Gasteiger partial charge in [-0.25, -0.2) is 12.8 Å². The number of thiophene rings is 1. The molecule has 0 saturated carbocycles. The van der Waals surface area contributed by atoms with E-state index in [-0.39, 0.29) is 23.7 Å². The van der Waals surface area contributed by atoms with Crippen LogP contribution < -0.4 is 14.9 Å². The van der Waals surface area contributed by atoms with Crippen LogP contribution in [0, 0.1) is 5.82 Å². The highest BCUT2D eigenvalue weighted by Gasteiger charge is 2.31. The number of fused-ring (bicyclic) bond motifs is 1. The van der Waals surface area contributed by atoms with E-state index in [0.29, 0.717) is 29.3 Å². The Labute approximate surface area is 183 Å². The summed E-state index contributed by atoms with van der Waals surface area (Å²) in [5.74, 6) is -1.13. The Morgan fingerprint density at radius 3 is 2.87 bits per heavy atom. The smallest absolute Gasteiger partial charge is 0.275 e. The van der Waals surface area contributed by atoms with E-state index >= 15 is 4.39 Å². The highest BCUT2D eigenvalue weighted by Crippen LogP contribution is 2.30. The fraction of sp³-hybridized carbons (Fsp3) is 0.350. The molecule has 1 amide bonds. The van der Waals surface area contributed by atoms with Crippen molar-refractivity contribution in [1.29, 1.82) is 0 Å². The number of benzene rings is 1. The van der Waals surface area contributed by atoms with Crippen LogP contribution in [0.2, 0.25) is 4.34 Å². The highest BCUT2D eigenvalue weighted by atomic mass is 35.5. The lowest BCUT2D eigenvalue weighted by atomic mass is 10.0. The lowest BCUT2D eigenvalue weighted by Crippen LogP contribution is -2.35. The van der Waals surface area contributed by atoms with Gasteiger partial charge in [0.25, 0.3) is 5.91 Å². The topological polar surface area (TPSA) is 78.5 Å². The molecule has 160 valence electrons. The lowest BCUT2D eigenvalue weighted by Gasteiger charge is -2.20. The molecule has 6 nitrogen and oxygen atoms in total. The Morgan fingerprint density at radius 1 is 1.27 bits per heavy atom. The zero-order valence-corrected chi connectivity index (χ0v) is 18.5. The van der Waals surface area contributed by atoms with Crippen molar-refractivity contribution in [2.45, 2.75) is 25.8 Å². The third-order valence-electron chi connectivity index (χ3n) is 5.17. The van der Waals surface area contributed by atoms with Crippen LogP contribution in [0.25, 0.3) is 0 Å². The van der Waals surface area contributed by atoms with Crippen molar-refractivity contribution in [1.82, 2.24) is 10.0 Å². The number of nitrogens with one attached hydrogen (secondary N) is 2. The number of halogens is 2. The van der Waals surface area contributed by atoms with E-state index in [1.807, 2.05) is 6.07 Å². The SMILES string of the molecule is O=C1C(NS(=O)(=O)CCc2ccc(Cl)s2)=CCN1c1ccc2c(c1F)CCCNC2. The van der Waals surface area contributed by atoms with Crippen molar-refractivity contribution in [3.05, 3.63) is 62.2 Å². The zero-order valence-electron chi connectivity index (χ0n) is 16.1. The van der Waals surface area contributed by atoms with Crippen molar-refractivity contribution in [2.24, 2.45) is 0 Å². The molecule has 3 heterocycles. The van der Waals surface area contributed by atoms with Gasteiger partial charge in [-0.3, -0.25) is 9.52 Å². The number of aryl methyl sites for hydroxylation is 1. The average Bonchev–Trinajstić information content (AvgIpc) is 3.17. The summed E-state index contributed by atoms with van der Waals surface area (Å²) < 4.78 is 42.9. The second kappa shape index (κ2) is 8.66. The summed E-state index contributed by atoms with van der Waals surface area (Å²) in [6.07, 6.45) is 3.20. The summed E-state index contributed by atoms with van der Waals surface area (Å²) in [7, 11) is -3.73. The molecule has 0 bridgehead atoms. The maximum atomic E-state index is 15.1. The number of rotatable bonds is 6. The van der Waals surface area contributed by atoms with Crippen LogP contribution in [-0.2, 0) is 34.2 Å². The Kier molecular flexibility index (Phi) is 6.15. The van der Waals surface area contributed by atoms with Gasteiger partial charge in [-0.2, -0.15) is 0 Å². The summed E-state index contributed by atoms with van der Waals surface area (Å²) in [5.41, 5.74) is 1.64. The van der Waals surface area contributed by atoms with E-state index in [4.69, 9.17) is 11.6 Å². The molecule has 2 aliphatic heterocycles. The number of nitrogens with zero attached hydrogens (tertiary/aromatic N) is 1. The number of carbonyl (C=O) groups is 1. The second-order valence-electron chi connectivity index (χ2n) is 7.23. The molecule has 0 atom stereocenters. The molecule has 2 aromatic rings. The number of hydrogen-bond donors (Lipinski definition) is 2. The molecule has 2 aliphatic rings. The van der Waals surface area contributed by atoms with E-state index in [1.165, 1.54) is 22.3 Å². The molecule has 10 heteroatoms. The molecule has 0 unspecified atom stereocenters. The van der Waals surface area contributed by atoms with Gasteiger partial charge in [-0.05, 0) is 61.2 Å². The summed E-state index contributed by atoms with van der Waals surface area (Å²) in [4.78, 5) is 14.9. The first-order chi connectivity index (χ1) is 14.3. The average molecular weight is 470 g/mol. The van der Waals surface area contributed by atoms with Crippen LogP contribution in [0.4, 0.5) is 10.1 Å². The first-order valence-electron chi connectivity index (χ1n) is 9.62. The number of anilines is 1. The lowest BCUT2D eigenvalue weighted by molar-refractivity contribution is -0.114. The van der Waals surface area contributed by atoms with Crippen LogP contribution in [0.3, 0.4) is 0 Å². The maximum Gasteiger partial charge on any atom is 0.275 e. The van der Waals surface area contributed by atoms with Gasteiger partial charge in [-0.15, -0.1) is 11.3 Å². The molecule has 0 saturated heterocycles. The van der Waals surface area contributed by atoms with Crippen LogP contribution in [0.1, 0.15) is 22.4 Å². The maximum absolute atomic E-state index is 15.1. The molecular weight excluding hydrogens is 449 g/mol. The van der Waals surface area contributed by atoms with Gasteiger partial charge in [0.05, 0.1) is 15.8 Å². The van der Waals surface area contributed by atoms with Gasteiger partial charge in [0, 0.05) is 18.0 Å². The van der Waals surface area contributed by atoms with Crippen molar-refractivity contribution >= 4 is 44.6 Å². The Balaban J connectivity index is 1.45. The van der Waals surface area contributed by atoms with Crippen LogP contribution in [0.5, 0.6) is 0 Å². The number of carbonyl (C=O) groups excluding carboxylic acids is 1. The minimum absolute atomic E-state index is 0.0461. The van der Waals surface area contributed by atoms with E-state index in [2.05, 4.69) is 10.0 Å². The number of amides is 1. The minimum Gasteiger partial charge on any atom is -0.313 e. The van der Waals surface area contributed by atoms with Gasteiger partial charge in [0.2, 0.25) is 10.0 Å². The van der Waals surface area contributed by atoms with Crippen LogP contribution >= 0.6 is 22.9 Å². The van der Waals surface area contributed by atoms with Gasteiger partial charge >= 0.3 is 0 Å². The number of hydrogen-bond acceptors (Lipinski definition) is 5. The van der Waals surface area contributed by atoms with Crippen molar-refractivity contribution in [2.75, 3.05) is 23.7 Å². The number of sulfonamides is 1. The summed E-state index contributed by atoms with van der Waals surface area (Å²) in [5, 5.41) is 3.25. The minimum atomic E-state index is -3.73. The van der Waals surface area contributed by atoms with Crippen molar-refractivity contribution in [3.63, 3.8) is 0 Å². The zero-order chi connectivity index (χ0) is 21.3. The van der Waals surface area contributed by atoms with Gasteiger partial charge in [0.1, 0.15) is 11.5 Å². The molecule has 0 radical (unpaired) electrons. The standard InChI is InChI=1S/C20H21ClFN3O3S2/c21-18-6-4-14(29-18)8-11-30(27,28)24-16-7-10-25(20(16)26)17-5-3-13-12-23-9-1-2-15(13)19(17)22/h3-7,23-24H,1-2,8-12H2. The summed E-state index contributed by atoms with van der Waals surface area (Å²) in [6.45, 7) is 1.53. The second-order valence-corrected chi connectivity index (χ2v) is 10.9. The largest absolute Gasteiger partial charge is 0.313 e. The van der Waals surface area contributed by atoms with E-state index in [0.717, 1.165) is 23.4 Å². The van der Waals surface area contributed by atoms with Crippen LogP contribution in [-0.4, -0.2) is 33.2 Å². The fourth-order valence-corrected chi connectivity index (χ4v) is 5.95. The molecule has 30 heavy (non-hydrogen) atoms. The van der Waals surface area contributed by atoms with Crippen molar-refractivity contribution < 1.29 is 17.6 Å². The first kappa shape index (κ1) is 21.3. The monoisotopic (exact) mass is 469 g/mol. The molecule has 1 aromatic carbocycles. The molecule has 1 aromatic heterocycles. The molecule has 0 aliphatic carbocycles. The Hall–Kier alpha value is -1.94. The predicted molar refractivity (Wildman–Crippen MR) is 117 cm³/mol. The molecule has 0 fully saturated rings. The molecule has 2 N–H and O–H groups in total. The van der Waals surface area contributed by atoms with Crippen molar-refractivity contribution in [3.8, 4) is 0 Å².